The highest BCUT2D eigenvalue weighted by Gasteiger charge is 2.19. The van der Waals surface area contributed by atoms with E-state index in [2.05, 4.69) is 36.8 Å². The summed E-state index contributed by atoms with van der Waals surface area (Å²) in [6.07, 6.45) is 8.50. The third kappa shape index (κ3) is 3.52. The van der Waals surface area contributed by atoms with Gasteiger partial charge in [0.2, 0.25) is 0 Å². The lowest BCUT2D eigenvalue weighted by Gasteiger charge is -2.17. The summed E-state index contributed by atoms with van der Waals surface area (Å²) >= 11 is 3.42. The van der Waals surface area contributed by atoms with Crippen LogP contribution >= 0.6 is 15.9 Å². The third-order valence-corrected chi connectivity index (χ3v) is 4.48. The number of aromatic nitrogens is 4. The van der Waals surface area contributed by atoms with Crippen LogP contribution in [0.5, 0.6) is 0 Å². The maximum absolute atomic E-state index is 12.7. The van der Waals surface area contributed by atoms with Gasteiger partial charge in [0.05, 0.1) is 11.3 Å². The van der Waals surface area contributed by atoms with Gasteiger partial charge in [-0.2, -0.15) is 4.68 Å². The summed E-state index contributed by atoms with van der Waals surface area (Å²) in [4.78, 5) is 12.7. The minimum atomic E-state index is -0.0706. The van der Waals surface area contributed by atoms with E-state index in [-0.39, 0.29) is 11.9 Å². The third-order valence-electron chi connectivity index (χ3n) is 3.99. The van der Waals surface area contributed by atoms with Crippen LogP contribution in [0.25, 0.3) is 5.69 Å². The lowest BCUT2D eigenvalue weighted by Crippen LogP contribution is -2.35. The van der Waals surface area contributed by atoms with Gasteiger partial charge in [0.1, 0.15) is 6.33 Å². The van der Waals surface area contributed by atoms with Gasteiger partial charge in [-0.15, -0.1) is 5.10 Å². The van der Waals surface area contributed by atoms with Gasteiger partial charge in [0.25, 0.3) is 5.91 Å². The molecule has 0 bridgehead atoms. The van der Waals surface area contributed by atoms with Crippen molar-refractivity contribution in [2.75, 3.05) is 0 Å². The van der Waals surface area contributed by atoms with Crippen LogP contribution in [-0.2, 0) is 0 Å². The number of nitrogens with one attached hydrogen (secondary N) is 1. The van der Waals surface area contributed by atoms with E-state index >= 15 is 0 Å². The molecule has 0 unspecified atom stereocenters. The van der Waals surface area contributed by atoms with E-state index in [0.29, 0.717) is 11.3 Å². The number of benzene rings is 1. The highest BCUT2D eigenvalue weighted by molar-refractivity contribution is 9.10. The van der Waals surface area contributed by atoms with Gasteiger partial charge in [-0.25, -0.2) is 0 Å². The summed E-state index contributed by atoms with van der Waals surface area (Å²) < 4.78 is 2.37. The summed E-state index contributed by atoms with van der Waals surface area (Å²) in [5.74, 6) is -0.0706. The summed E-state index contributed by atoms with van der Waals surface area (Å²) in [7, 11) is 0. The second-order valence-corrected chi connectivity index (χ2v) is 6.49. The average molecular weight is 364 g/mol. The molecule has 1 aliphatic carbocycles. The molecule has 7 heteroatoms. The van der Waals surface area contributed by atoms with Gasteiger partial charge in [0.15, 0.2) is 0 Å². The Morgan fingerprint density at radius 2 is 2.00 bits per heavy atom. The predicted molar refractivity (Wildman–Crippen MR) is 85.8 cm³/mol. The minimum Gasteiger partial charge on any atom is -0.349 e. The highest BCUT2D eigenvalue weighted by atomic mass is 79.9. The van der Waals surface area contributed by atoms with E-state index < -0.39 is 0 Å². The molecule has 0 aliphatic heterocycles. The Morgan fingerprint density at radius 3 is 2.68 bits per heavy atom. The van der Waals surface area contributed by atoms with Gasteiger partial charge in [-0.1, -0.05) is 41.6 Å². The van der Waals surface area contributed by atoms with Crippen molar-refractivity contribution in [1.29, 1.82) is 0 Å². The number of carbonyl (C=O) groups excluding carboxylic acids is 1. The number of amides is 1. The van der Waals surface area contributed by atoms with Crippen molar-refractivity contribution in [1.82, 2.24) is 25.5 Å². The van der Waals surface area contributed by atoms with Crippen LogP contribution in [-0.4, -0.2) is 32.2 Å². The SMILES string of the molecule is O=C(NC1CCCCCC1)c1cc(Br)ccc1-n1cnnn1. The molecule has 1 aromatic carbocycles. The van der Waals surface area contributed by atoms with E-state index in [1.54, 1.807) is 0 Å². The molecule has 6 nitrogen and oxygen atoms in total. The smallest absolute Gasteiger partial charge is 0.253 e. The summed E-state index contributed by atoms with van der Waals surface area (Å²) in [6.45, 7) is 0. The van der Waals surface area contributed by atoms with Crippen molar-refractivity contribution >= 4 is 21.8 Å². The molecule has 1 saturated carbocycles. The van der Waals surface area contributed by atoms with Crippen LogP contribution in [0, 0.1) is 0 Å². The topological polar surface area (TPSA) is 72.7 Å². The molecule has 3 rings (SSSR count). The van der Waals surface area contributed by atoms with Gasteiger partial charge in [0, 0.05) is 10.5 Å². The fraction of sp³-hybridized carbons (Fsp3) is 0.467. The Balaban J connectivity index is 1.83. The van der Waals surface area contributed by atoms with Crippen molar-refractivity contribution in [2.24, 2.45) is 0 Å². The first-order valence-corrected chi connectivity index (χ1v) is 8.37. The number of hydrogen-bond donors (Lipinski definition) is 1. The van der Waals surface area contributed by atoms with E-state index in [1.165, 1.54) is 36.7 Å². The van der Waals surface area contributed by atoms with Crippen LogP contribution in [0.1, 0.15) is 48.9 Å². The van der Waals surface area contributed by atoms with E-state index in [0.717, 1.165) is 17.3 Å². The maximum Gasteiger partial charge on any atom is 0.253 e. The molecule has 2 aromatic rings. The molecular weight excluding hydrogens is 346 g/mol. The molecule has 1 aliphatic rings. The molecule has 0 radical (unpaired) electrons. The Bertz CT molecular complexity index is 635. The number of nitrogens with zero attached hydrogens (tertiary/aromatic N) is 4. The van der Waals surface area contributed by atoms with Gasteiger partial charge in [-0.3, -0.25) is 4.79 Å². The van der Waals surface area contributed by atoms with Crippen molar-refractivity contribution < 1.29 is 4.79 Å². The standard InChI is InChI=1S/C15H18BrN5O/c16-11-7-8-14(21-10-17-19-20-21)13(9-11)15(22)18-12-5-3-1-2-4-6-12/h7-10,12H,1-6H2,(H,18,22). The van der Waals surface area contributed by atoms with Crippen molar-refractivity contribution in [3.63, 3.8) is 0 Å². The predicted octanol–water partition coefficient (Wildman–Crippen LogP) is 2.88. The van der Waals surface area contributed by atoms with Crippen molar-refractivity contribution in [3.05, 3.63) is 34.6 Å². The number of hydrogen-bond acceptors (Lipinski definition) is 4. The monoisotopic (exact) mass is 363 g/mol. The normalized spacial score (nSPS) is 16.2. The molecule has 1 N–H and O–H groups in total. The Morgan fingerprint density at radius 1 is 1.23 bits per heavy atom. The van der Waals surface area contributed by atoms with E-state index in [4.69, 9.17) is 0 Å². The second kappa shape index (κ2) is 7.00. The summed E-state index contributed by atoms with van der Waals surface area (Å²) in [5.41, 5.74) is 1.25. The van der Waals surface area contributed by atoms with Gasteiger partial charge >= 0.3 is 0 Å². The fourth-order valence-corrected chi connectivity index (χ4v) is 3.21. The van der Waals surface area contributed by atoms with Gasteiger partial charge in [-0.05, 0) is 41.5 Å². The largest absolute Gasteiger partial charge is 0.349 e. The van der Waals surface area contributed by atoms with E-state index in [1.807, 2.05) is 18.2 Å². The van der Waals surface area contributed by atoms with Crippen LogP contribution in [0.15, 0.2) is 29.0 Å². The Hall–Kier alpha value is -1.76. The second-order valence-electron chi connectivity index (χ2n) is 5.58. The molecule has 1 fully saturated rings. The van der Waals surface area contributed by atoms with Crippen LogP contribution in [0.2, 0.25) is 0 Å². The zero-order valence-corrected chi connectivity index (χ0v) is 13.8. The number of tetrazole rings is 1. The molecule has 0 spiro atoms. The van der Waals surface area contributed by atoms with Crippen molar-refractivity contribution in [3.8, 4) is 5.69 Å². The molecule has 0 atom stereocenters. The maximum atomic E-state index is 12.7. The molecule has 1 heterocycles. The fourth-order valence-electron chi connectivity index (χ4n) is 2.85. The average Bonchev–Trinajstić information content (AvgIpc) is 2.92. The molecular formula is C15H18BrN5O. The molecule has 0 saturated heterocycles. The van der Waals surface area contributed by atoms with Crippen LogP contribution in [0.4, 0.5) is 0 Å². The molecule has 116 valence electrons. The van der Waals surface area contributed by atoms with Gasteiger partial charge < -0.3 is 5.32 Å². The Labute approximate surface area is 137 Å². The highest BCUT2D eigenvalue weighted by Crippen LogP contribution is 2.21. The zero-order chi connectivity index (χ0) is 15.4. The summed E-state index contributed by atoms with van der Waals surface area (Å²) in [6, 6.07) is 5.78. The lowest BCUT2D eigenvalue weighted by molar-refractivity contribution is 0.0933. The first kappa shape index (κ1) is 15.1. The Kier molecular flexibility index (Phi) is 4.82. The molecule has 1 amide bonds. The zero-order valence-electron chi connectivity index (χ0n) is 12.2. The first-order chi connectivity index (χ1) is 10.7. The number of halogens is 1. The summed E-state index contributed by atoms with van der Waals surface area (Å²) in [5, 5.41) is 14.3. The van der Waals surface area contributed by atoms with Crippen LogP contribution < -0.4 is 5.32 Å². The molecule has 1 aromatic heterocycles. The number of carbonyl (C=O) groups is 1. The minimum absolute atomic E-state index is 0.0706. The first-order valence-electron chi connectivity index (χ1n) is 7.58. The number of rotatable bonds is 3. The van der Waals surface area contributed by atoms with E-state index in [9.17, 15) is 4.79 Å². The van der Waals surface area contributed by atoms with Crippen LogP contribution in [0.3, 0.4) is 0 Å². The lowest BCUT2D eigenvalue weighted by atomic mass is 10.1. The quantitative estimate of drug-likeness (QED) is 0.850. The molecule has 22 heavy (non-hydrogen) atoms. The van der Waals surface area contributed by atoms with Crippen molar-refractivity contribution in [2.45, 2.75) is 44.6 Å².